The highest BCUT2D eigenvalue weighted by molar-refractivity contribution is 5.92. The van der Waals surface area contributed by atoms with Crippen LogP contribution in [-0.4, -0.2) is 83.9 Å². The minimum Gasteiger partial charge on any atom is -0.387 e. The van der Waals surface area contributed by atoms with E-state index in [1.165, 1.54) is 14.0 Å². The highest BCUT2D eigenvalue weighted by Crippen LogP contribution is 2.22. The number of aliphatic hydroxyl groups is 1. The Balaban J connectivity index is 4.70. The summed E-state index contributed by atoms with van der Waals surface area (Å²) in [6.07, 6.45) is 0.202. The van der Waals surface area contributed by atoms with E-state index >= 15 is 0 Å². The van der Waals surface area contributed by atoms with E-state index < -0.39 is 29.8 Å². The Kier molecular flexibility index (Phi) is 11.2. The van der Waals surface area contributed by atoms with Gasteiger partial charge in [-0.25, -0.2) is 0 Å². The van der Waals surface area contributed by atoms with E-state index in [0.29, 0.717) is 19.4 Å². The molecule has 0 aliphatic rings. The van der Waals surface area contributed by atoms with Crippen molar-refractivity contribution in [1.82, 2.24) is 15.5 Å². The van der Waals surface area contributed by atoms with Crippen LogP contribution in [0.2, 0.25) is 0 Å². The Hall–Kier alpha value is -1.84. The lowest BCUT2D eigenvalue weighted by Crippen LogP contribution is -2.56. The first-order chi connectivity index (χ1) is 13.4. The molecule has 3 atom stereocenters. The number of hydrogen-bond donors (Lipinski definition) is 3. The second-order valence-corrected chi connectivity index (χ2v) is 7.64. The highest BCUT2D eigenvalue weighted by atomic mass is 16.5. The molecule has 168 valence electrons. The molecule has 0 saturated carbocycles. The van der Waals surface area contributed by atoms with Crippen molar-refractivity contribution >= 4 is 23.4 Å². The van der Waals surface area contributed by atoms with E-state index in [1.807, 2.05) is 13.8 Å². The molecule has 29 heavy (non-hydrogen) atoms. The van der Waals surface area contributed by atoms with Crippen LogP contribution >= 0.6 is 0 Å². The number of nitrogens with one attached hydrogen (secondary N) is 2. The molecule has 0 bridgehead atoms. The Labute approximate surface area is 173 Å². The van der Waals surface area contributed by atoms with Gasteiger partial charge in [0.1, 0.15) is 18.3 Å². The molecule has 3 N–H and O–H groups in total. The average molecular weight is 416 g/mol. The van der Waals surface area contributed by atoms with Crippen LogP contribution in [0.15, 0.2) is 0 Å². The molecule has 0 aliphatic carbocycles. The van der Waals surface area contributed by atoms with Gasteiger partial charge in [0.15, 0.2) is 11.6 Å². The van der Waals surface area contributed by atoms with Crippen LogP contribution in [0, 0.1) is 0 Å². The normalized spacial score (nSPS) is 16.3. The molecule has 0 rings (SSSR count). The van der Waals surface area contributed by atoms with Gasteiger partial charge in [0.2, 0.25) is 11.8 Å². The van der Waals surface area contributed by atoms with Gasteiger partial charge in [0, 0.05) is 20.1 Å². The van der Waals surface area contributed by atoms with Crippen molar-refractivity contribution in [3.05, 3.63) is 0 Å². The van der Waals surface area contributed by atoms with Crippen molar-refractivity contribution < 1.29 is 29.0 Å². The molecule has 0 heterocycles. The quantitative estimate of drug-likeness (QED) is 0.342. The fraction of sp³-hybridized carbons (Fsp3) is 0.800. The summed E-state index contributed by atoms with van der Waals surface area (Å²) in [7, 11) is 1.43. The first-order valence-corrected chi connectivity index (χ1v) is 9.96. The number of amides is 2. The van der Waals surface area contributed by atoms with Crippen LogP contribution in [0.5, 0.6) is 0 Å². The SMILES string of the molecule is CCC(C)(NCCNC(=O)CN(C)C(=O)CO)C(=O)[C@H](C)OC(C)(CC)C(C)=O. The van der Waals surface area contributed by atoms with Gasteiger partial charge in [-0.2, -0.15) is 0 Å². The topological polar surface area (TPSA) is 125 Å². The summed E-state index contributed by atoms with van der Waals surface area (Å²) in [5, 5.41) is 14.6. The van der Waals surface area contributed by atoms with Gasteiger partial charge in [-0.15, -0.1) is 0 Å². The minimum atomic E-state index is -1.00. The third-order valence-corrected chi connectivity index (χ3v) is 5.38. The van der Waals surface area contributed by atoms with Gasteiger partial charge < -0.3 is 25.4 Å². The smallest absolute Gasteiger partial charge is 0.248 e. The van der Waals surface area contributed by atoms with Gasteiger partial charge in [-0.3, -0.25) is 19.2 Å². The number of Topliss-reactive ketones (excluding diaryl/α,β-unsaturated/α-hetero) is 2. The van der Waals surface area contributed by atoms with E-state index in [1.54, 1.807) is 20.8 Å². The van der Waals surface area contributed by atoms with E-state index in [4.69, 9.17) is 9.84 Å². The molecular formula is C20H37N3O6. The third kappa shape index (κ3) is 8.20. The zero-order chi connectivity index (χ0) is 22.8. The summed E-state index contributed by atoms with van der Waals surface area (Å²) in [5.41, 5.74) is -1.88. The minimum absolute atomic E-state index is 0.127. The number of aliphatic hydroxyl groups excluding tert-OH is 1. The van der Waals surface area contributed by atoms with Crippen LogP contribution in [0.3, 0.4) is 0 Å². The van der Waals surface area contributed by atoms with Crippen molar-refractivity contribution in [2.24, 2.45) is 0 Å². The molecule has 9 heteroatoms. The largest absolute Gasteiger partial charge is 0.387 e. The van der Waals surface area contributed by atoms with Gasteiger partial charge in [0.25, 0.3) is 0 Å². The first kappa shape index (κ1) is 27.2. The monoisotopic (exact) mass is 415 g/mol. The summed E-state index contributed by atoms with van der Waals surface area (Å²) >= 11 is 0. The molecular weight excluding hydrogens is 378 g/mol. The molecule has 0 aromatic rings. The average Bonchev–Trinajstić information content (AvgIpc) is 2.69. The maximum atomic E-state index is 12.9. The molecule has 9 nitrogen and oxygen atoms in total. The molecule has 0 aromatic heterocycles. The number of likely N-dealkylation sites (N-methyl/N-ethyl adjacent to an activating group) is 1. The molecule has 0 spiro atoms. The van der Waals surface area contributed by atoms with Crippen molar-refractivity contribution in [3.63, 3.8) is 0 Å². The van der Waals surface area contributed by atoms with Crippen LogP contribution in [0.1, 0.15) is 54.4 Å². The van der Waals surface area contributed by atoms with Crippen molar-refractivity contribution in [2.45, 2.75) is 71.6 Å². The van der Waals surface area contributed by atoms with Crippen molar-refractivity contribution in [2.75, 3.05) is 33.3 Å². The van der Waals surface area contributed by atoms with Gasteiger partial charge in [-0.05, 0) is 40.5 Å². The lowest BCUT2D eigenvalue weighted by molar-refractivity contribution is -0.158. The van der Waals surface area contributed by atoms with Crippen LogP contribution in [0.25, 0.3) is 0 Å². The van der Waals surface area contributed by atoms with E-state index in [9.17, 15) is 19.2 Å². The van der Waals surface area contributed by atoms with Crippen LogP contribution in [-0.2, 0) is 23.9 Å². The lowest BCUT2D eigenvalue weighted by Gasteiger charge is -2.35. The number of ether oxygens (including phenoxy) is 1. The Morgan fingerprint density at radius 2 is 1.69 bits per heavy atom. The van der Waals surface area contributed by atoms with E-state index in [-0.39, 0.29) is 30.6 Å². The molecule has 0 radical (unpaired) electrons. The highest BCUT2D eigenvalue weighted by Gasteiger charge is 2.39. The predicted octanol–water partition coefficient (Wildman–Crippen LogP) is 0.0435. The summed E-state index contributed by atoms with van der Waals surface area (Å²) in [6, 6.07) is 0. The molecule has 2 amide bonds. The molecule has 0 aliphatic heterocycles. The van der Waals surface area contributed by atoms with Crippen LogP contribution in [0.4, 0.5) is 0 Å². The Morgan fingerprint density at radius 3 is 2.14 bits per heavy atom. The maximum absolute atomic E-state index is 12.9. The third-order valence-electron chi connectivity index (χ3n) is 5.38. The lowest BCUT2D eigenvalue weighted by atomic mass is 9.89. The van der Waals surface area contributed by atoms with E-state index in [2.05, 4.69) is 10.6 Å². The molecule has 0 fully saturated rings. The molecule has 0 aromatic carbocycles. The number of ketones is 2. The van der Waals surface area contributed by atoms with Gasteiger partial charge >= 0.3 is 0 Å². The molecule has 2 unspecified atom stereocenters. The second-order valence-electron chi connectivity index (χ2n) is 7.64. The standard InChI is InChI=1S/C20H37N3O6/c1-8-19(5,18(28)14(3)29-20(6,9-2)15(4)25)22-11-10-21-16(26)12-23(7)17(27)13-24/h14,22,24H,8-13H2,1-7H3,(H,21,26)/t14-,19?,20?/m0/s1. The Bertz CT molecular complexity index is 597. The van der Waals surface area contributed by atoms with Gasteiger partial charge in [-0.1, -0.05) is 13.8 Å². The maximum Gasteiger partial charge on any atom is 0.248 e. The van der Waals surface area contributed by atoms with Crippen LogP contribution < -0.4 is 10.6 Å². The number of carbonyl (C=O) groups excluding carboxylic acids is 4. The summed E-state index contributed by atoms with van der Waals surface area (Å²) < 4.78 is 5.81. The number of rotatable bonds is 14. The zero-order valence-corrected chi connectivity index (χ0v) is 18.8. The Morgan fingerprint density at radius 1 is 1.10 bits per heavy atom. The summed E-state index contributed by atoms with van der Waals surface area (Å²) in [6.45, 7) is 10.0. The summed E-state index contributed by atoms with van der Waals surface area (Å²) in [4.78, 5) is 49.0. The van der Waals surface area contributed by atoms with Crippen molar-refractivity contribution in [1.29, 1.82) is 0 Å². The van der Waals surface area contributed by atoms with Crippen molar-refractivity contribution in [3.8, 4) is 0 Å². The fourth-order valence-corrected chi connectivity index (χ4v) is 2.71. The van der Waals surface area contributed by atoms with E-state index in [0.717, 1.165) is 4.90 Å². The first-order valence-electron chi connectivity index (χ1n) is 9.96. The predicted molar refractivity (Wildman–Crippen MR) is 109 cm³/mol. The fourth-order valence-electron chi connectivity index (χ4n) is 2.71. The van der Waals surface area contributed by atoms with Gasteiger partial charge in [0.05, 0.1) is 12.1 Å². The zero-order valence-electron chi connectivity index (χ0n) is 18.8. The number of hydrogen-bond acceptors (Lipinski definition) is 7. The second kappa shape index (κ2) is 12.0. The number of carbonyl (C=O) groups is 4. The number of nitrogens with zero attached hydrogens (tertiary/aromatic N) is 1. The summed E-state index contributed by atoms with van der Waals surface area (Å²) in [5.74, 6) is -1.20. The molecule has 0 saturated heterocycles.